The predicted molar refractivity (Wildman–Crippen MR) is 97.2 cm³/mol. The van der Waals surface area contributed by atoms with Crippen LogP contribution >= 0.6 is 11.8 Å². The summed E-state index contributed by atoms with van der Waals surface area (Å²) in [4.78, 5) is 24.1. The zero-order valence-electron chi connectivity index (χ0n) is 14.5. The van der Waals surface area contributed by atoms with Gasteiger partial charge in [0.15, 0.2) is 12.5 Å². The first kappa shape index (κ1) is 19.0. The van der Waals surface area contributed by atoms with Crippen molar-refractivity contribution in [3.05, 3.63) is 36.7 Å². The molecule has 0 aliphatic carbocycles. The Hall–Kier alpha value is -2.35. The van der Waals surface area contributed by atoms with Crippen LogP contribution in [0.2, 0.25) is 0 Å². The Morgan fingerprint density at radius 1 is 1.28 bits per heavy atom. The molecule has 0 N–H and O–H groups in total. The van der Waals surface area contributed by atoms with E-state index in [1.807, 2.05) is 42.5 Å². The monoisotopic (exact) mass is 364 g/mol. The van der Waals surface area contributed by atoms with Crippen molar-refractivity contribution in [2.24, 2.45) is 0 Å². The van der Waals surface area contributed by atoms with Crippen LogP contribution in [0.15, 0.2) is 41.6 Å². The molecule has 0 radical (unpaired) electrons. The minimum Gasteiger partial charge on any atom is -0.437 e. The normalized spacial score (nSPS) is 10.4. The van der Waals surface area contributed by atoms with E-state index in [1.54, 1.807) is 31.2 Å². The first-order valence-corrected chi connectivity index (χ1v) is 8.91. The maximum Gasteiger partial charge on any atom is 0.253 e. The summed E-state index contributed by atoms with van der Waals surface area (Å²) in [6, 6.07) is 7.71. The van der Waals surface area contributed by atoms with Crippen LogP contribution in [0.3, 0.4) is 0 Å². The van der Waals surface area contributed by atoms with Gasteiger partial charge in [0.1, 0.15) is 5.75 Å². The number of rotatable bonds is 8. The zero-order chi connectivity index (χ0) is 18.2. The van der Waals surface area contributed by atoms with Crippen molar-refractivity contribution >= 4 is 23.5 Å². The number of carbonyl (C=O) groups is 1. The van der Waals surface area contributed by atoms with Crippen molar-refractivity contribution in [1.29, 1.82) is 0 Å². The fourth-order valence-electron chi connectivity index (χ4n) is 2.00. The Kier molecular flexibility index (Phi) is 7.00. The first-order chi connectivity index (χ1) is 12.0. The van der Waals surface area contributed by atoms with Gasteiger partial charge in [0.05, 0.1) is 12.4 Å². The molecule has 6 nitrogen and oxygen atoms in total. The number of hydrogen-bond donors (Lipinski definition) is 0. The summed E-state index contributed by atoms with van der Waals surface area (Å²) in [5, 5.41) is 0. The van der Waals surface area contributed by atoms with Gasteiger partial charge in [-0.1, -0.05) is 6.07 Å². The van der Waals surface area contributed by atoms with E-state index in [-0.39, 0.29) is 0 Å². The van der Waals surface area contributed by atoms with Crippen molar-refractivity contribution in [3.8, 4) is 11.6 Å². The Balaban J connectivity index is 2.01. The van der Waals surface area contributed by atoms with Gasteiger partial charge in [-0.2, -0.15) is 4.98 Å². The van der Waals surface area contributed by atoms with Crippen LogP contribution in [-0.4, -0.2) is 60.9 Å². The molecule has 1 aromatic carbocycles. The molecule has 1 amide bonds. The Bertz CT molecular complexity index is 717. The van der Waals surface area contributed by atoms with E-state index in [0.717, 1.165) is 4.90 Å². The Morgan fingerprint density at radius 2 is 2.08 bits per heavy atom. The number of benzene rings is 1. The maximum absolute atomic E-state index is 12.4. The lowest BCUT2D eigenvalue weighted by atomic mass is 10.3. The molecule has 1 heterocycles. The van der Waals surface area contributed by atoms with Gasteiger partial charge < -0.3 is 14.5 Å². The molecule has 0 saturated heterocycles. The highest BCUT2D eigenvalue weighted by atomic mass is 32.2. The summed E-state index contributed by atoms with van der Waals surface area (Å²) in [6.07, 6.45) is 5.16. The Labute approximate surface area is 151 Å². The largest absolute Gasteiger partial charge is 0.437 e. The van der Waals surface area contributed by atoms with Crippen molar-refractivity contribution in [3.63, 3.8) is 0 Å². The highest BCUT2D eigenvalue weighted by Crippen LogP contribution is 2.25. The van der Waals surface area contributed by atoms with Crippen LogP contribution in [-0.2, 0) is 4.79 Å². The second-order valence-electron chi connectivity index (χ2n) is 5.37. The summed E-state index contributed by atoms with van der Waals surface area (Å²) >= 11 is 1.63. The Morgan fingerprint density at radius 3 is 2.80 bits per heavy atom. The quantitative estimate of drug-likeness (QED) is 0.672. The fourth-order valence-corrected chi connectivity index (χ4v) is 2.45. The summed E-state index contributed by atoms with van der Waals surface area (Å²) in [6.45, 7) is -0.0947. The van der Waals surface area contributed by atoms with E-state index in [2.05, 4.69) is 9.97 Å². The van der Waals surface area contributed by atoms with Crippen LogP contribution in [0.4, 0.5) is 10.2 Å². The van der Waals surface area contributed by atoms with Gasteiger partial charge in [0, 0.05) is 32.1 Å². The topological polar surface area (TPSA) is 58.6 Å². The summed E-state index contributed by atoms with van der Waals surface area (Å²) < 4.78 is 18.1. The lowest BCUT2D eigenvalue weighted by Crippen LogP contribution is -2.35. The average Bonchev–Trinajstić information content (AvgIpc) is 2.65. The minimum atomic E-state index is -0.988. The van der Waals surface area contributed by atoms with E-state index in [1.165, 1.54) is 4.90 Å². The third-order valence-corrected chi connectivity index (χ3v) is 4.29. The lowest BCUT2D eigenvalue weighted by molar-refractivity contribution is -0.130. The van der Waals surface area contributed by atoms with E-state index < -0.39 is 12.6 Å². The van der Waals surface area contributed by atoms with Gasteiger partial charge >= 0.3 is 0 Å². The number of anilines is 1. The summed E-state index contributed by atoms with van der Waals surface area (Å²) in [5.74, 6) is 1.15. The second kappa shape index (κ2) is 9.22. The smallest absolute Gasteiger partial charge is 0.253 e. The van der Waals surface area contributed by atoms with Gasteiger partial charge in [0.25, 0.3) is 5.91 Å². The van der Waals surface area contributed by atoms with Gasteiger partial charge in [-0.25, -0.2) is 4.39 Å². The molecule has 25 heavy (non-hydrogen) atoms. The number of thioether (sulfide) groups is 1. The molecular weight excluding hydrogens is 343 g/mol. The molecule has 0 spiro atoms. The third-order valence-electron chi connectivity index (χ3n) is 3.57. The predicted octanol–water partition coefficient (Wildman–Crippen LogP) is 2.85. The molecule has 8 heteroatoms. The number of hydrogen-bond acceptors (Lipinski definition) is 6. The fraction of sp³-hybridized carbons (Fsp3) is 0.353. The zero-order valence-corrected chi connectivity index (χ0v) is 15.3. The molecule has 2 rings (SSSR count). The number of ether oxygens (including phenoxy) is 1. The molecule has 0 unspecified atom stereocenters. The molecule has 0 aliphatic rings. The molecule has 0 bridgehead atoms. The van der Waals surface area contributed by atoms with Crippen LogP contribution in [0.5, 0.6) is 11.6 Å². The third kappa shape index (κ3) is 5.60. The average molecular weight is 364 g/mol. The molecule has 134 valence electrons. The van der Waals surface area contributed by atoms with E-state index >= 15 is 0 Å². The van der Waals surface area contributed by atoms with Crippen molar-refractivity contribution in [1.82, 2.24) is 14.9 Å². The number of alkyl halides is 1. The molecule has 0 fully saturated rings. The lowest BCUT2D eigenvalue weighted by Gasteiger charge is -2.22. The number of likely N-dealkylation sites (N-methyl/N-ethyl adjacent to an activating group) is 2. The van der Waals surface area contributed by atoms with Gasteiger partial charge in [-0.05, 0) is 24.5 Å². The molecule has 2 aromatic rings. The van der Waals surface area contributed by atoms with Crippen molar-refractivity contribution in [2.75, 3.05) is 45.0 Å². The summed E-state index contributed by atoms with van der Waals surface area (Å²) in [5.41, 5.74) is 0. The van der Waals surface area contributed by atoms with E-state index in [4.69, 9.17) is 4.74 Å². The molecular formula is C17H21FN4O2S. The number of aromatic nitrogens is 2. The van der Waals surface area contributed by atoms with Gasteiger partial charge in [-0.3, -0.25) is 9.78 Å². The maximum atomic E-state index is 12.4. The standard InChI is InChI=1S/C17H21FN4O2S/c1-21(7-8-22(2)17(23)10-18)15-11-19-12-16(20-15)24-13-5-4-6-14(9-13)25-3/h4-6,9,11-12H,7-8,10H2,1-3H3. The number of halogens is 1. The second-order valence-corrected chi connectivity index (χ2v) is 6.25. The highest BCUT2D eigenvalue weighted by Gasteiger charge is 2.11. The highest BCUT2D eigenvalue weighted by molar-refractivity contribution is 7.98. The molecule has 0 saturated carbocycles. The number of nitrogens with zero attached hydrogens (tertiary/aromatic N) is 4. The van der Waals surface area contributed by atoms with E-state index in [9.17, 15) is 9.18 Å². The van der Waals surface area contributed by atoms with Crippen LogP contribution in [0, 0.1) is 0 Å². The van der Waals surface area contributed by atoms with Crippen LogP contribution < -0.4 is 9.64 Å². The molecule has 0 atom stereocenters. The van der Waals surface area contributed by atoms with Crippen LogP contribution in [0.25, 0.3) is 0 Å². The van der Waals surface area contributed by atoms with Crippen molar-refractivity contribution < 1.29 is 13.9 Å². The molecule has 1 aromatic heterocycles. The van der Waals surface area contributed by atoms with Crippen LogP contribution in [0.1, 0.15) is 0 Å². The summed E-state index contributed by atoms with van der Waals surface area (Å²) in [7, 11) is 3.40. The van der Waals surface area contributed by atoms with Gasteiger partial charge in [-0.15, -0.1) is 11.8 Å². The first-order valence-electron chi connectivity index (χ1n) is 7.68. The van der Waals surface area contributed by atoms with E-state index in [0.29, 0.717) is 30.5 Å². The number of carbonyl (C=O) groups excluding carboxylic acids is 1. The SMILES string of the molecule is CSc1cccc(Oc2cncc(N(C)CCN(C)C(=O)CF)n2)c1. The minimum absolute atomic E-state index is 0.385. The van der Waals surface area contributed by atoms with Gasteiger partial charge in [0.2, 0.25) is 5.88 Å². The number of amides is 1. The van der Waals surface area contributed by atoms with Crippen molar-refractivity contribution in [2.45, 2.75) is 4.90 Å². The molecule has 0 aliphatic heterocycles.